The molecule has 2 aromatic heterocycles. The first-order valence-corrected chi connectivity index (χ1v) is 6.55. The number of hydrogen-bond donors (Lipinski definition) is 1. The number of nitrogens with two attached hydrogens (primary N) is 1. The summed E-state index contributed by atoms with van der Waals surface area (Å²) in [5.74, 6) is 0.995. The molecule has 104 valence electrons. The lowest BCUT2D eigenvalue weighted by atomic mass is 10.0. The summed E-state index contributed by atoms with van der Waals surface area (Å²) >= 11 is 0. The van der Waals surface area contributed by atoms with E-state index in [0.29, 0.717) is 18.3 Å². The number of ether oxygens (including phenoxy) is 1. The number of aromatic nitrogens is 3. The van der Waals surface area contributed by atoms with E-state index in [4.69, 9.17) is 10.5 Å². The largest absolute Gasteiger partial charge is 0.383 e. The van der Waals surface area contributed by atoms with Gasteiger partial charge in [0.25, 0.3) is 0 Å². The quantitative estimate of drug-likeness (QED) is 0.919. The van der Waals surface area contributed by atoms with Crippen molar-refractivity contribution in [2.45, 2.75) is 33.7 Å². The number of rotatable bonds is 4. The topological polar surface area (TPSA) is 66.0 Å². The predicted octanol–water partition coefficient (Wildman–Crippen LogP) is 2.47. The predicted molar refractivity (Wildman–Crippen MR) is 77.2 cm³/mol. The van der Waals surface area contributed by atoms with E-state index in [2.05, 4.69) is 42.2 Å². The first-order chi connectivity index (χ1) is 8.99. The Balaban J connectivity index is 2.72. The van der Waals surface area contributed by atoms with Crippen molar-refractivity contribution in [3.05, 3.63) is 17.6 Å². The molecule has 0 aliphatic rings. The molecule has 0 saturated carbocycles. The van der Waals surface area contributed by atoms with Gasteiger partial charge in [-0.05, 0) is 25.3 Å². The van der Waals surface area contributed by atoms with Crippen LogP contribution in [0.4, 0.5) is 5.82 Å². The lowest BCUT2D eigenvalue weighted by Gasteiger charge is -2.24. The van der Waals surface area contributed by atoms with Gasteiger partial charge in [0.1, 0.15) is 17.8 Å². The van der Waals surface area contributed by atoms with E-state index in [1.807, 2.05) is 0 Å². The molecule has 0 saturated heterocycles. The fraction of sp³-hybridized carbons (Fsp3) is 0.571. The summed E-state index contributed by atoms with van der Waals surface area (Å²) in [6.07, 6.45) is 1.53. The average molecular weight is 262 g/mol. The Bertz CT molecular complexity index is 589. The van der Waals surface area contributed by atoms with Crippen LogP contribution in [0.1, 0.15) is 31.1 Å². The third-order valence-corrected chi connectivity index (χ3v) is 3.80. The zero-order chi connectivity index (χ0) is 14.2. The Hall–Kier alpha value is -1.62. The van der Waals surface area contributed by atoms with Crippen molar-refractivity contribution in [1.29, 1.82) is 0 Å². The zero-order valence-corrected chi connectivity index (χ0v) is 12.3. The lowest BCUT2D eigenvalue weighted by molar-refractivity contribution is 0.134. The molecular formula is C14H22N4O. The van der Waals surface area contributed by atoms with E-state index in [-0.39, 0.29) is 6.04 Å². The van der Waals surface area contributed by atoms with Gasteiger partial charge < -0.3 is 15.0 Å². The lowest BCUT2D eigenvalue weighted by Crippen LogP contribution is -2.21. The molecule has 2 aromatic rings. The second-order valence-electron chi connectivity index (χ2n) is 5.30. The highest BCUT2D eigenvalue weighted by Gasteiger charge is 2.23. The van der Waals surface area contributed by atoms with Crippen molar-refractivity contribution in [1.82, 2.24) is 14.5 Å². The summed E-state index contributed by atoms with van der Waals surface area (Å²) in [5.41, 5.74) is 9.22. The van der Waals surface area contributed by atoms with Crippen molar-refractivity contribution in [3.63, 3.8) is 0 Å². The van der Waals surface area contributed by atoms with Gasteiger partial charge in [0.2, 0.25) is 0 Å². The van der Waals surface area contributed by atoms with E-state index < -0.39 is 0 Å². The van der Waals surface area contributed by atoms with Gasteiger partial charge in [-0.25, -0.2) is 9.97 Å². The Morgan fingerprint density at radius 3 is 2.58 bits per heavy atom. The fourth-order valence-electron chi connectivity index (χ4n) is 2.59. The van der Waals surface area contributed by atoms with Crippen LogP contribution in [0.3, 0.4) is 0 Å². The number of nitrogen functional groups attached to an aromatic ring is 1. The monoisotopic (exact) mass is 262 g/mol. The standard InChI is InChI=1S/C14H22N4O/c1-8(2)11(6-19-5)18-10(4)9(3)12-13(15)16-7-17-14(12)18/h7-8,11H,6H2,1-5H3,(H2,15,16,17). The van der Waals surface area contributed by atoms with Crippen molar-refractivity contribution in [2.75, 3.05) is 19.5 Å². The van der Waals surface area contributed by atoms with Crippen LogP contribution in [-0.4, -0.2) is 28.3 Å². The number of aryl methyl sites for hydroxylation is 1. The second-order valence-corrected chi connectivity index (χ2v) is 5.30. The molecule has 2 heterocycles. The molecule has 1 atom stereocenters. The third kappa shape index (κ3) is 2.18. The van der Waals surface area contributed by atoms with Crippen molar-refractivity contribution in [2.24, 2.45) is 5.92 Å². The maximum atomic E-state index is 5.99. The summed E-state index contributed by atoms with van der Waals surface area (Å²) in [6.45, 7) is 9.20. The smallest absolute Gasteiger partial charge is 0.146 e. The molecule has 0 aliphatic heterocycles. The molecule has 0 spiro atoms. The van der Waals surface area contributed by atoms with Crippen molar-refractivity contribution >= 4 is 16.9 Å². The Labute approximate surface area is 113 Å². The van der Waals surface area contributed by atoms with Crippen molar-refractivity contribution in [3.8, 4) is 0 Å². The first-order valence-electron chi connectivity index (χ1n) is 6.55. The summed E-state index contributed by atoms with van der Waals surface area (Å²) in [5, 5.41) is 0.960. The molecule has 2 rings (SSSR count). The van der Waals surface area contributed by atoms with Crippen LogP contribution in [0.25, 0.3) is 11.0 Å². The highest BCUT2D eigenvalue weighted by atomic mass is 16.5. The van der Waals surface area contributed by atoms with Gasteiger partial charge in [0.15, 0.2) is 0 Å². The summed E-state index contributed by atoms with van der Waals surface area (Å²) < 4.78 is 7.60. The SMILES string of the molecule is COCC(C(C)C)n1c(C)c(C)c2c(N)ncnc21. The molecule has 19 heavy (non-hydrogen) atoms. The molecule has 5 heteroatoms. The summed E-state index contributed by atoms with van der Waals surface area (Å²) in [7, 11) is 1.73. The number of methoxy groups -OCH3 is 1. The highest BCUT2D eigenvalue weighted by molar-refractivity contribution is 5.90. The van der Waals surface area contributed by atoms with Crippen LogP contribution in [0.2, 0.25) is 0 Å². The van der Waals surface area contributed by atoms with Crippen LogP contribution < -0.4 is 5.73 Å². The maximum absolute atomic E-state index is 5.99. The van der Waals surface area contributed by atoms with Crippen LogP contribution >= 0.6 is 0 Å². The van der Waals surface area contributed by atoms with Gasteiger partial charge in [0, 0.05) is 12.8 Å². The molecule has 2 N–H and O–H groups in total. The Morgan fingerprint density at radius 2 is 2.00 bits per heavy atom. The number of fused-ring (bicyclic) bond motifs is 1. The minimum Gasteiger partial charge on any atom is -0.383 e. The molecule has 0 radical (unpaired) electrons. The van der Waals surface area contributed by atoms with Crippen LogP contribution in [0.5, 0.6) is 0 Å². The van der Waals surface area contributed by atoms with Gasteiger partial charge in [-0.1, -0.05) is 13.8 Å². The van der Waals surface area contributed by atoms with Crippen molar-refractivity contribution < 1.29 is 4.74 Å². The highest BCUT2D eigenvalue weighted by Crippen LogP contribution is 2.32. The van der Waals surface area contributed by atoms with E-state index in [9.17, 15) is 0 Å². The van der Waals surface area contributed by atoms with Gasteiger partial charge in [0.05, 0.1) is 18.0 Å². The van der Waals surface area contributed by atoms with Gasteiger partial charge >= 0.3 is 0 Å². The molecule has 0 aromatic carbocycles. The van der Waals surface area contributed by atoms with Crippen LogP contribution in [0, 0.1) is 19.8 Å². The molecule has 5 nitrogen and oxygen atoms in total. The maximum Gasteiger partial charge on any atom is 0.146 e. The third-order valence-electron chi connectivity index (χ3n) is 3.80. The van der Waals surface area contributed by atoms with E-state index in [0.717, 1.165) is 16.6 Å². The summed E-state index contributed by atoms with van der Waals surface area (Å²) in [6, 6.07) is 0.246. The number of hydrogen-bond acceptors (Lipinski definition) is 4. The van der Waals surface area contributed by atoms with Crippen LogP contribution in [-0.2, 0) is 4.74 Å². The molecule has 1 unspecified atom stereocenters. The second kappa shape index (κ2) is 5.17. The molecule has 0 aliphatic carbocycles. The van der Waals surface area contributed by atoms with E-state index in [1.165, 1.54) is 12.0 Å². The average Bonchev–Trinajstić information content (AvgIpc) is 2.61. The number of anilines is 1. The normalized spacial score (nSPS) is 13.4. The first kappa shape index (κ1) is 13.8. The summed E-state index contributed by atoms with van der Waals surface area (Å²) in [4.78, 5) is 8.52. The minimum absolute atomic E-state index is 0.246. The Morgan fingerprint density at radius 1 is 1.32 bits per heavy atom. The van der Waals surface area contributed by atoms with Crippen LogP contribution in [0.15, 0.2) is 6.33 Å². The van der Waals surface area contributed by atoms with Gasteiger partial charge in [-0.2, -0.15) is 0 Å². The van der Waals surface area contributed by atoms with E-state index in [1.54, 1.807) is 7.11 Å². The fourth-order valence-corrected chi connectivity index (χ4v) is 2.59. The van der Waals surface area contributed by atoms with E-state index >= 15 is 0 Å². The molecule has 0 fully saturated rings. The van der Waals surface area contributed by atoms with Gasteiger partial charge in [-0.3, -0.25) is 0 Å². The van der Waals surface area contributed by atoms with Gasteiger partial charge in [-0.15, -0.1) is 0 Å². The Kier molecular flexibility index (Phi) is 3.75. The molecular weight excluding hydrogens is 240 g/mol. The molecule has 0 bridgehead atoms. The zero-order valence-electron chi connectivity index (χ0n) is 12.3. The minimum atomic E-state index is 0.246. The number of nitrogens with zero attached hydrogens (tertiary/aromatic N) is 3. The molecule has 0 amide bonds.